The molecular formula is C24H18ClN3O3. The van der Waals surface area contributed by atoms with Crippen molar-refractivity contribution in [3.8, 4) is 0 Å². The minimum Gasteiger partial charge on any atom is -0.322 e. The normalized spacial score (nSPS) is 10.8. The maximum absolute atomic E-state index is 13.2. The Morgan fingerprint density at radius 3 is 2.42 bits per heavy atom. The molecular weight excluding hydrogens is 414 g/mol. The zero-order valence-electron chi connectivity index (χ0n) is 16.6. The highest BCUT2D eigenvalue weighted by molar-refractivity contribution is 6.30. The van der Waals surface area contributed by atoms with Crippen molar-refractivity contribution in [2.75, 3.05) is 5.32 Å². The molecule has 0 radical (unpaired) electrons. The fourth-order valence-corrected chi connectivity index (χ4v) is 3.40. The van der Waals surface area contributed by atoms with Crippen LogP contribution in [0.15, 0.2) is 77.7 Å². The van der Waals surface area contributed by atoms with Crippen LogP contribution < -0.4 is 10.9 Å². The van der Waals surface area contributed by atoms with Crippen molar-refractivity contribution in [3.63, 3.8) is 0 Å². The molecule has 0 fully saturated rings. The van der Waals surface area contributed by atoms with Crippen molar-refractivity contribution in [1.82, 2.24) is 9.55 Å². The van der Waals surface area contributed by atoms with Crippen LogP contribution in [0.3, 0.4) is 0 Å². The predicted molar refractivity (Wildman–Crippen MR) is 121 cm³/mol. The Bertz CT molecular complexity index is 1340. The van der Waals surface area contributed by atoms with Gasteiger partial charge < -0.3 is 5.32 Å². The second kappa shape index (κ2) is 8.53. The molecule has 0 saturated carbocycles. The number of rotatable bonds is 5. The van der Waals surface area contributed by atoms with Crippen LogP contribution in [-0.4, -0.2) is 21.2 Å². The number of hydrogen-bond acceptors (Lipinski definition) is 4. The third kappa shape index (κ3) is 4.39. The monoisotopic (exact) mass is 431 g/mol. The molecule has 0 atom stereocenters. The van der Waals surface area contributed by atoms with E-state index in [0.29, 0.717) is 27.3 Å². The summed E-state index contributed by atoms with van der Waals surface area (Å²) in [4.78, 5) is 41.9. The quantitative estimate of drug-likeness (QED) is 0.470. The van der Waals surface area contributed by atoms with Gasteiger partial charge in [0.25, 0.3) is 11.5 Å². The largest absolute Gasteiger partial charge is 0.322 e. The van der Waals surface area contributed by atoms with Gasteiger partial charge in [-0.05, 0) is 67.1 Å². The zero-order chi connectivity index (χ0) is 22.0. The molecule has 1 N–H and O–H groups in total. The molecule has 0 aliphatic rings. The molecule has 0 spiro atoms. The fourth-order valence-electron chi connectivity index (χ4n) is 3.27. The first-order valence-electron chi connectivity index (χ1n) is 9.58. The Morgan fingerprint density at radius 2 is 1.74 bits per heavy atom. The third-order valence-corrected chi connectivity index (χ3v) is 5.15. The highest BCUT2D eigenvalue weighted by atomic mass is 35.5. The molecule has 0 saturated heterocycles. The molecule has 0 bridgehead atoms. The summed E-state index contributed by atoms with van der Waals surface area (Å²) in [6, 6.07) is 18.8. The predicted octanol–water partition coefficient (Wildman–Crippen LogP) is 4.55. The Morgan fingerprint density at radius 1 is 1.03 bits per heavy atom. The number of ketones is 1. The lowest BCUT2D eigenvalue weighted by Crippen LogP contribution is -2.30. The SMILES string of the molecule is CC(=O)c1ccc(NC(=O)c2cc3cccnc3n(Cc3ccc(Cl)cc3)c2=O)cc1. The van der Waals surface area contributed by atoms with E-state index in [1.54, 1.807) is 60.8 Å². The highest BCUT2D eigenvalue weighted by Gasteiger charge is 2.17. The summed E-state index contributed by atoms with van der Waals surface area (Å²) in [5, 5.41) is 4.00. The standard InChI is InChI=1S/C24H18ClN3O3/c1-15(29)17-6-10-20(11-7-17)27-23(30)21-13-18-3-2-12-26-22(18)28(24(21)31)14-16-4-8-19(25)9-5-16/h2-13H,14H2,1H3,(H,27,30). The smallest absolute Gasteiger partial charge is 0.265 e. The van der Waals surface area contributed by atoms with Crippen LogP contribution in [-0.2, 0) is 6.54 Å². The van der Waals surface area contributed by atoms with Crippen LogP contribution in [0.1, 0.15) is 33.2 Å². The molecule has 7 heteroatoms. The van der Waals surface area contributed by atoms with Crippen molar-refractivity contribution < 1.29 is 9.59 Å². The number of amides is 1. The molecule has 2 aromatic carbocycles. The number of benzene rings is 2. The van der Waals surface area contributed by atoms with Crippen molar-refractivity contribution >= 4 is 40.0 Å². The van der Waals surface area contributed by atoms with E-state index >= 15 is 0 Å². The topological polar surface area (TPSA) is 81.1 Å². The molecule has 154 valence electrons. The van der Waals surface area contributed by atoms with E-state index in [9.17, 15) is 14.4 Å². The van der Waals surface area contributed by atoms with Gasteiger partial charge in [-0.3, -0.25) is 19.0 Å². The Balaban J connectivity index is 1.73. The van der Waals surface area contributed by atoms with E-state index in [1.165, 1.54) is 11.5 Å². The van der Waals surface area contributed by atoms with E-state index in [2.05, 4.69) is 10.3 Å². The van der Waals surface area contributed by atoms with E-state index in [1.807, 2.05) is 12.1 Å². The second-order valence-electron chi connectivity index (χ2n) is 7.08. The molecule has 0 aliphatic carbocycles. The van der Waals surface area contributed by atoms with E-state index in [0.717, 1.165) is 5.56 Å². The van der Waals surface area contributed by atoms with Gasteiger partial charge in [0, 0.05) is 27.9 Å². The first-order chi connectivity index (χ1) is 14.9. The summed E-state index contributed by atoms with van der Waals surface area (Å²) in [5.41, 5.74) is 1.94. The van der Waals surface area contributed by atoms with Crippen molar-refractivity contribution in [2.24, 2.45) is 0 Å². The van der Waals surface area contributed by atoms with Gasteiger partial charge in [0.05, 0.1) is 6.54 Å². The van der Waals surface area contributed by atoms with Crippen LogP contribution in [0.5, 0.6) is 0 Å². The van der Waals surface area contributed by atoms with Crippen molar-refractivity contribution in [2.45, 2.75) is 13.5 Å². The van der Waals surface area contributed by atoms with Crippen LogP contribution in [0.4, 0.5) is 5.69 Å². The lowest BCUT2D eigenvalue weighted by atomic mass is 10.1. The van der Waals surface area contributed by atoms with Crippen LogP contribution in [0.2, 0.25) is 5.02 Å². The van der Waals surface area contributed by atoms with Gasteiger partial charge in [-0.25, -0.2) is 4.98 Å². The lowest BCUT2D eigenvalue weighted by molar-refractivity contribution is 0.101. The van der Waals surface area contributed by atoms with E-state index in [-0.39, 0.29) is 17.9 Å². The minimum atomic E-state index is -0.531. The summed E-state index contributed by atoms with van der Waals surface area (Å²) >= 11 is 5.96. The van der Waals surface area contributed by atoms with Gasteiger partial charge in [-0.2, -0.15) is 0 Å². The Hall–Kier alpha value is -3.77. The number of fused-ring (bicyclic) bond motifs is 1. The molecule has 4 aromatic rings. The number of halogens is 1. The summed E-state index contributed by atoms with van der Waals surface area (Å²) in [7, 11) is 0. The molecule has 6 nitrogen and oxygen atoms in total. The number of hydrogen-bond donors (Lipinski definition) is 1. The van der Waals surface area contributed by atoms with E-state index < -0.39 is 11.5 Å². The molecule has 0 aliphatic heterocycles. The van der Waals surface area contributed by atoms with Crippen LogP contribution in [0.25, 0.3) is 11.0 Å². The van der Waals surface area contributed by atoms with Crippen molar-refractivity contribution in [3.05, 3.63) is 105 Å². The molecule has 4 rings (SSSR count). The molecule has 0 unspecified atom stereocenters. The first-order valence-corrected chi connectivity index (χ1v) is 9.95. The number of nitrogens with zero attached hydrogens (tertiary/aromatic N) is 2. The summed E-state index contributed by atoms with van der Waals surface area (Å²) < 4.78 is 1.48. The number of nitrogens with one attached hydrogen (secondary N) is 1. The minimum absolute atomic E-state index is 0.00473. The van der Waals surface area contributed by atoms with Gasteiger partial charge in [0.2, 0.25) is 0 Å². The van der Waals surface area contributed by atoms with E-state index in [4.69, 9.17) is 11.6 Å². The van der Waals surface area contributed by atoms with Gasteiger partial charge >= 0.3 is 0 Å². The fraction of sp³-hybridized carbons (Fsp3) is 0.0833. The first kappa shape index (κ1) is 20.5. The van der Waals surface area contributed by atoms with Gasteiger partial charge in [-0.1, -0.05) is 23.7 Å². The average Bonchev–Trinajstić information content (AvgIpc) is 2.77. The number of aromatic nitrogens is 2. The van der Waals surface area contributed by atoms with Crippen molar-refractivity contribution in [1.29, 1.82) is 0 Å². The maximum Gasteiger partial charge on any atom is 0.265 e. The second-order valence-corrected chi connectivity index (χ2v) is 7.52. The third-order valence-electron chi connectivity index (χ3n) is 4.90. The Kier molecular flexibility index (Phi) is 5.64. The Labute approximate surface area is 183 Å². The molecule has 2 heterocycles. The lowest BCUT2D eigenvalue weighted by Gasteiger charge is -2.13. The average molecular weight is 432 g/mol. The highest BCUT2D eigenvalue weighted by Crippen LogP contribution is 2.16. The van der Waals surface area contributed by atoms with Gasteiger partial charge in [-0.15, -0.1) is 0 Å². The van der Waals surface area contributed by atoms with Gasteiger partial charge in [0.1, 0.15) is 11.2 Å². The van der Waals surface area contributed by atoms with Crippen LogP contribution >= 0.6 is 11.6 Å². The molecule has 2 aromatic heterocycles. The number of carbonyl (C=O) groups is 2. The zero-order valence-corrected chi connectivity index (χ0v) is 17.4. The van der Waals surface area contributed by atoms with Crippen LogP contribution in [0, 0.1) is 0 Å². The maximum atomic E-state index is 13.2. The number of Topliss-reactive ketones (excluding diaryl/α,β-unsaturated/α-hetero) is 1. The summed E-state index contributed by atoms with van der Waals surface area (Å²) in [6.07, 6.45) is 1.61. The number of carbonyl (C=O) groups excluding carboxylic acids is 2. The summed E-state index contributed by atoms with van der Waals surface area (Å²) in [5.74, 6) is -0.596. The van der Waals surface area contributed by atoms with Gasteiger partial charge in [0.15, 0.2) is 5.78 Å². The number of anilines is 1. The molecule has 1 amide bonds. The number of pyridine rings is 2. The molecule has 31 heavy (non-hydrogen) atoms. The summed E-state index contributed by atoms with van der Waals surface area (Å²) in [6.45, 7) is 1.72.